The first-order valence-corrected chi connectivity index (χ1v) is 7.05. The molecule has 0 saturated heterocycles. The minimum atomic E-state index is 0.204. The maximum atomic E-state index is 11.3. The lowest BCUT2D eigenvalue weighted by atomic mass is 10.1. The van der Waals surface area contributed by atoms with Gasteiger partial charge in [0, 0.05) is 31.9 Å². The van der Waals surface area contributed by atoms with E-state index in [9.17, 15) is 4.79 Å². The van der Waals surface area contributed by atoms with Crippen LogP contribution in [-0.4, -0.2) is 22.0 Å². The molecule has 18 heavy (non-hydrogen) atoms. The largest absolute Gasteiger partial charge is 0.356 e. The van der Waals surface area contributed by atoms with Crippen LogP contribution in [0.25, 0.3) is 0 Å². The number of aromatic nitrogens is 2. The smallest absolute Gasteiger partial charge is 0.219 e. The number of amides is 1. The van der Waals surface area contributed by atoms with Gasteiger partial charge in [-0.15, -0.1) is 0 Å². The second kappa shape index (κ2) is 9.68. The second-order valence-corrected chi connectivity index (χ2v) is 4.67. The Labute approximate surface area is 110 Å². The monoisotopic (exact) mass is 251 g/mol. The van der Waals surface area contributed by atoms with Crippen LogP contribution >= 0.6 is 0 Å². The number of rotatable bonds is 10. The minimum Gasteiger partial charge on any atom is -0.356 e. The third-order valence-corrected chi connectivity index (χ3v) is 2.95. The molecule has 4 nitrogen and oxygen atoms in total. The Balaban J connectivity index is 1.85. The summed E-state index contributed by atoms with van der Waals surface area (Å²) in [6, 6.07) is 0. The van der Waals surface area contributed by atoms with Crippen LogP contribution in [0.4, 0.5) is 0 Å². The molecule has 1 amide bonds. The van der Waals surface area contributed by atoms with Crippen LogP contribution in [0.3, 0.4) is 0 Å². The fourth-order valence-corrected chi connectivity index (χ4v) is 1.88. The molecule has 0 spiro atoms. The number of nitrogens with zero attached hydrogens (tertiary/aromatic N) is 2. The third kappa shape index (κ3) is 7.09. The van der Waals surface area contributed by atoms with Gasteiger partial charge in [-0.1, -0.05) is 26.2 Å². The molecule has 0 aromatic carbocycles. The topological polar surface area (TPSA) is 46.9 Å². The Hall–Kier alpha value is -1.32. The van der Waals surface area contributed by atoms with E-state index in [0.717, 1.165) is 32.4 Å². The van der Waals surface area contributed by atoms with Crippen molar-refractivity contribution >= 4 is 5.91 Å². The highest BCUT2D eigenvalue weighted by Crippen LogP contribution is 2.06. The summed E-state index contributed by atoms with van der Waals surface area (Å²) in [5, 5.41) is 2.90. The average Bonchev–Trinajstić information content (AvgIpc) is 2.88. The van der Waals surface area contributed by atoms with Crippen molar-refractivity contribution in [2.75, 3.05) is 6.54 Å². The van der Waals surface area contributed by atoms with Gasteiger partial charge in [0.1, 0.15) is 0 Å². The first kappa shape index (κ1) is 14.7. The summed E-state index contributed by atoms with van der Waals surface area (Å²) in [7, 11) is 0. The predicted octanol–water partition coefficient (Wildman–Crippen LogP) is 2.75. The molecule has 0 radical (unpaired) electrons. The Morgan fingerprint density at radius 2 is 2.00 bits per heavy atom. The van der Waals surface area contributed by atoms with Gasteiger partial charge in [-0.25, -0.2) is 4.98 Å². The molecule has 1 aromatic rings. The Morgan fingerprint density at radius 1 is 1.22 bits per heavy atom. The average molecular weight is 251 g/mol. The molecule has 1 heterocycles. The molecule has 0 bridgehead atoms. The summed E-state index contributed by atoms with van der Waals surface area (Å²) in [5.74, 6) is 0.204. The van der Waals surface area contributed by atoms with Crippen molar-refractivity contribution in [2.24, 2.45) is 0 Å². The lowest BCUT2D eigenvalue weighted by molar-refractivity contribution is -0.121. The van der Waals surface area contributed by atoms with Gasteiger partial charge in [0.25, 0.3) is 0 Å². The lowest BCUT2D eigenvalue weighted by Gasteiger charge is -2.04. The fraction of sp³-hybridized carbons (Fsp3) is 0.714. The first-order chi connectivity index (χ1) is 8.83. The van der Waals surface area contributed by atoms with Crippen LogP contribution in [-0.2, 0) is 11.3 Å². The normalized spacial score (nSPS) is 10.5. The maximum Gasteiger partial charge on any atom is 0.219 e. The second-order valence-electron chi connectivity index (χ2n) is 4.67. The number of carbonyl (C=O) groups is 1. The zero-order chi connectivity index (χ0) is 13.1. The van der Waals surface area contributed by atoms with Crippen molar-refractivity contribution in [3.63, 3.8) is 0 Å². The zero-order valence-electron chi connectivity index (χ0n) is 11.4. The first-order valence-electron chi connectivity index (χ1n) is 7.05. The van der Waals surface area contributed by atoms with E-state index in [2.05, 4.69) is 21.8 Å². The van der Waals surface area contributed by atoms with Gasteiger partial charge in [0.15, 0.2) is 0 Å². The molecular formula is C14H25N3O. The minimum absolute atomic E-state index is 0.204. The Morgan fingerprint density at radius 3 is 2.72 bits per heavy atom. The van der Waals surface area contributed by atoms with E-state index < -0.39 is 0 Å². The number of nitrogens with one attached hydrogen (secondary N) is 1. The Bertz CT molecular complexity index is 309. The van der Waals surface area contributed by atoms with Gasteiger partial charge in [-0.3, -0.25) is 4.79 Å². The maximum absolute atomic E-state index is 11.3. The van der Waals surface area contributed by atoms with Gasteiger partial charge >= 0.3 is 0 Å². The number of unbranched alkanes of at least 4 members (excludes halogenated alkanes) is 4. The standard InChI is InChI=1S/C14H25N3O/c1-2-9-16-14(18)8-6-4-3-5-7-11-17-12-10-15-13-17/h10,12-13H,2-9,11H2,1H3,(H,16,18). The molecule has 0 unspecified atom stereocenters. The van der Waals surface area contributed by atoms with Crippen molar-refractivity contribution in [3.05, 3.63) is 18.7 Å². The molecule has 102 valence electrons. The van der Waals surface area contributed by atoms with E-state index in [1.54, 1.807) is 0 Å². The van der Waals surface area contributed by atoms with Gasteiger partial charge in [-0.05, 0) is 19.3 Å². The third-order valence-electron chi connectivity index (χ3n) is 2.95. The quantitative estimate of drug-likeness (QED) is 0.650. The summed E-state index contributed by atoms with van der Waals surface area (Å²) >= 11 is 0. The number of hydrogen-bond acceptors (Lipinski definition) is 2. The van der Waals surface area contributed by atoms with E-state index >= 15 is 0 Å². The van der Waals surface area contributed by atoms with Crippen molar-refractivity contribution in [2.45, 2.75) is 58.4 Å². The SMILES string of the molecule is CCCNC(=O)CCCCCCCn1ccnc1. The summed E-state index contributed by atoms with van der Waals surface area (Å²) < 4.78 is 2.11. The molecule has 4 heteroatoms. The molecule has 1 N–H and O–H groups in total. The number of imidazole rings is 1. The highest BCUT2D eigenvalue weighted by molar-refractivity contribution is 5.75. The van der Waals surface area contributed by atoms with Crippen LogP contribution in [0.5, 0.6) is 0 Å². The van der Waals surface area contributed by atoms with Crippen molar-refractivity contribution in [1.82, 2.24) is 14.9 Å². The molecule has 0 aliphatic carbocycles. The van der Waals surface area contributed by atoms with Crippen LogP contribution in [0, 0.1) is 0 Å². The summed E-state index contributed by atoms with van der Waals surface area (Å²) in [4.78, 5) is 15.3. The summed E-state index contributed by atoms with van der Waals surface area (Å²) in [5.41, 5.74) is 0. The Kier molecular flexibility index (Phi) is 7.93. The zero-order valence-corrected chi connectivity index (χ0v) is 11.4. The molecule has 1 rings (SSSR count). The predicted molar refractivity (Wildman–Crippen MR) is 73.2 cm³/mol. The van der Waals surface area contributed by atoms with Crippen molar-refractivity contribution in [3.8, 4) is 0 Å². The van der Waals surface area contributed by atoms with Gasteiger partial charge in [-0.2, -0.15) is 0 Å². The van der Waals surface area contributed by atoms with Crippen molar-refractivity contribution < 1.29 is 4.79 Å². The van der Waals surface area contributed by atoms with Crippen LogP contribution in [0.15, 0.2) is 18.7 Å². The number of aryl methyl sites for hydroxylation is 1. The molecule has 0 aliphatic heterocycles. The van der Waals surface area contributed by atoms with Crippen LogP contribution < -0.4 is 5.32 Å². The molecule has 0 atom stereocenters. The van der Waals surface area contributed by atoms with Crippen molar-refractivity contribution in [1.29, 1.82) is 0 Å². The highest BCUT2D eigenvalue weighted by atomic mass is 16.1. The fourth-order valence-electron chi connectivity index (χ4n) is 1.88. The highest BCUT2D eigenvalue weighted by Gasteiger charge is 1.99. The molecular weight excluding hydrogens is 226 g/mol. The van der Waals surface area contributed by atoms with Gasteiger partial charge in [0.2, 0.25) is 5.91 Å². The number of carbonyl (C=O) groups excluding carboxylic acids is 1. The van der Waals surface area contributed by atoms with Gasteiger partial charge in [0.05, 0.1) is 6.33 Å². The molecule has 1 aromatic heterocycles. The van der Waals surface area contributed by atoms with E-state index in [-0.39, 0.29) is 5.91 Å². The molecule has 0 saturated carbocycles. The van der Waals surface area contributed by atoms with Crippen LogP contribution in [0.1, 0.15) is 51.9 Å². The van der Waals surface area contributed by atoms with E-state index in [0.29, 0.717) is 6.42 Å². The lowest BCUT2D eigenvalue weighted by Crippen LogP contribution is -2.23. The van der Waals surface area contributed by atoms with E-state index in [1.165, 1.54) is 19.3 Å². The summed E-state index contributed by atoms with van der Waals surface area (Å²) in [6.07, 6.45) is 13.2. The van der Waals surface area contributed by atoms with Crippen LogP contribution in [0.2, 0.25) is 0 Å². The summed E-state index contributed by atoms with van der Waals surface area (Å²) in [6.45, 7) is 3.93. The molecule has 0 aliphatic rings. The number of hydrogen-bond donors (Lipinski definition) is 1. The van der Waals surface area contributed by atoms with Gasteiger partial charge < -0.3 is 9.88 Å². The molecule has 0 fully saturated rings. The van der Waals surface area contributed by atoms with E-state index in [1.807, 2.05) is 18.7 Å². The van der Waals surface area contributed by atoms with E-state index in [4.69, 9.17) is 0 Å².